The van der Waals surface area contributed by atoms with Gasteiger partial charge in [0.2, 0.25) is 0 Å². The van der Waals surface area contributed by atoms with E-state index in [0.29, 0.717) is 10.8 Å². The quantitative estimate of drug-likeness (QED) is 0.429. The van der Waals surface area contributed by atoms with Gasteiger partial charge in [-0.3, -0.25) is 9.69 Å². The molecule has 1 aromatic carbocycles. The van der Waals surface area contributed by atoms with Gasteiger partial charge in [-0.15, -0.1) is 11.3 Å². The third-order valence-electron chi connectivity index (χ3n) is 5.23. The Hall–Kier alpha value is -2.05. The molecular formula is C21H21FN2OS2. The van der Waals surface area contributed by atoms with Gasteiger partial charge in [0.1, 0.15) is 11.5 Å². The Morgan fingerprint density at radius 1 is 1.11 bits per heavy atom. The number of nitrogens with one attached hydrogen (secondary N) is 1. The van der Waals surface area contributed by atoms with E-state index >= 15 is 0 Å². The van der Waals surface area contributed by atoms with Gasteiger partial charge in [-0.2, -0.15) is 0 Å². The number of carbonyl (C=O) groups is 1. The number of thiophene rings is 1. The summed E-state index contributed by atoms with van der Waals surface area (Å²) < 4.78 is 13.2. The molecule has 2 fully saturated rings. The Kier molecular flexibility index (Phi) is 5.36. The van der Waals surface area contributed by atoms with Crippen LogP contribution in [0.3, 0.4) is 0 Å². The summed E-state index contributed by atoms with van der Waals surface area (Å²) in [6, 6.07) is 8.60. The van der Waals surface area contributed by atoms with E-state index in [4.69, 9.17) is 12.2 Å². The molecule has 140 valence electrons. The third-order valence-corrected chi connectivity index (χ3v) is 6.39. The molecule has 2 aromatic rings. The zero-order chi connectivity index (χ0) is 18.8. The van der Waals surface area contributed by atoms with E-state index in [1.165, 1.54) is 25.0 Å². The Morgan fingerprint density at radius 2 is 1.81 bits per heavy atom. The van der Waals surface area contributed by atoms with Crippen LogP contribution in [0.2, 0.25) is 0 Å². The summed E-state index contributed by atoms with van der Waals surface area (Å²) in [6.45, 7) is 0. The molecule has 1 amide bonds. The number of carbonyl (C=O) groups excluding carboxylic acids is 1. The number of amides is 1. The molecule has 0 unspecified atom stereocenters. The Morgan fingerprint density at radius 3 is 2.52 bits per heavy atom. The molecule has 1 aromatic heterocycles. The summed E-state index contributed by atoms with van der Waals surface area (Å²) in [5.41, 5.74) is 2.44. The number of nitrogens with zero attached hydrogens (tertiary/aromatic N) is 1. The third kappa shape index (κ3) is 3.82. The van der Waals surface area contributed by atoms with Crippen molar-refractivity contribution in [2.45, 2.75) is 44.6 Å². The molecule has 6 heteroatoms. The topological polar surface area (TPSA) is 32.3 Å². The normalized spacial score (nSPS) is 20.2. The van der Waals surface area contributed by atoms with Crippen molar-refractivity contribution in [1.29, 1.82) is 0 Å². The van der Waals surface area contributed by atoms with E-state index in [1.54, 1.807) is 28.4 Å². The number of benzene rings is 1. The standard InChI is InChI=1S/C21H21FN2OS2/c22-15-9-7-14(8-10-15)17-11-12-27-19(17)13-18-20(25)24(21(26)23-18)16-5-3-1-2-4-6-16/h7-13,16H,1-6H2,(H,23,26)/b18-13-. The van der Waals surface area contributed by atoms with Crippen LogP contribution < -0.4 is 5.32 Å². The van der Waals surface area contributed by atoms with Crippen molar-refractivity contribution in [2.24, 2.45) is 0 Å². The van der Waals surface area contributed by atoms with Gasteiger partial charge in [0, 0.05) is 10.9 Å². The second kappa shape index (κ2) is 7.90. The Balaban J connectivity index is 1.60. The summed E-state index contributed by atoms with van der Waals surface area (Å²) in [5.74, 6) is -0.295. The summed E-state index contributed by atoms with van der Waals surface area (Å²) >= 11 is 7.03. The van der Waals surface area contributed by atoms with Gasteiger partial charge in [-0.25, -0.2) is 4.39 Å². The number of rotatable bonds is 3. The highest BCUT2D eigenvalue weighted by molar-refractivity contribution is 7.80. The average Bonchev–Trinajstić information content (AvgIpc) is 3.10. The van der Waals surface area contributed by atoms with Gasteiger partial charge in [0.05, 0.1) is 0 Å². The highest BCUT2D eigenvalue weighted by Crippen LogP contribution is 2.32. The van der Waals surface area contributed by atoms with Crippen LogP contribution in [0.4, 0.5) is 4.39 Å². The van der Waals surface area contributed by atoms with Crippen LogP contribution in [-0.2, 0) is 4.79 Å². The first-order valence-corrected chi connectivity index (χ1v) is 10.6. The van der Waals surface area contributed by atoms with Gasteiger partial charge in [-0.1, -0.05) is 37.8 Å². The van der Waals surface area contributed by atoms with E-state index in [0.717, 1.165) is 41.7 Å². The molecule has 1 saturated carbocycles. The van der Waals surface area contributed by atoms with Crippen LogP contribution in [0.15, 0.2) is 41.4 Å². The summed E-state index contributed by atoms with van der Waals surface area (Å²) in [6.07, 6.45) is 8.66. The number of hydrogen-bond acceptors (Lipinski definition) is 3. The van der Waals surface area contributed by atoms with Crippen molar-refractivity contribution in [2.75, 3.05) is 0 Å². The predicted molar refractivity (Wildman–Crippen MR) is 112 cm³/mol. The minimum Gasteiger partial charge on any atom is -0.328 e. The first-order valence-electron chi connectivity index (χ1n) is 9.33. The van der Waals surface area contributed by atoms with Crippen LogP contribution in [-0.4, -0.2) is 22.0 Å². The van der Waals surface area contributed by atoms with Crippen molar-refractivity contribution in [1.82, 2.24) is 10.2 Å². The predicted octanol–water partition coefficient (Wildman–Crippen LogP) is 5.33. The lowest BCUT2D eigenvalue weighted by atomic mass is 10.1. The second-order valence-corrected chi connectivity index (χ2v) is 8.35. The van der Waals surface area contributed by atoms with Gasteiger partial charge >= 0.3 is 0 Å². The molecule has 27 heavy (non-hydrogen) atoms. The fraction of sp³-hybridized carbons (Fsp3) is 0.333. The van der Waals surface area contributed by atoms with E-state index in [1.807, 2.05) is 17.5 Å². The van der Waals surface area contributed by atoms with Crippen molar-refractivity contribution >= 4 is 40.7 Å². The smallest absolute Gasteiger partial charge is 0.276 e. The fourth-order valence-electron chi connectivity index (χ4n) is 3.83. The number of halogens is 1. The molecule has 1 N–H and O–H groups in total. The van der Waals surface area contributed by atoms with E-state index in [9.17, 15) is 9.18 Å². The van der Waals surface area contributed by atoms with Crippen molar-refractivity contribution in [3.8, 4) is 11.1 Å². The lowest BCUT2D eigenvalue weighted by Crippen LogP contribution is -2.40. The lowest BCUT2D eigenvalue weighted by molar-refractivity contribution is -0.124. The molecular weight excluding hydrogens is 379 g/mol. The molecule has 4 rings (SSSR count). The number of thiocarbonyl (C=S) groups is 1. The van der Waals surface area contributed by atoms with Crippen LogP contribution in [0, 0.1) is 5.82 Å². The monoisotopic (exact) mass is 400 g/mol. The molecule has 2 aliphatic rings. The van der Waals surface area contributed by atoms with Crippen molar-refractivity contribution in [3.63, 3.8) is 0 Å². The second-order valence-electron chi connectivity index (χ2n) is 7.01. The maximum atomic E-state index is 13.2. The highest BCUT2D eigenvalue weighted by atomic mass is 32.1. The van der Waals surface area contributed by atoms with Gasteiger partial charge < -0.3 is 5.32 Å². The molecule has 1 aliphatic carbocycles. The maximum Gasteiger partial charge on any atom is 0.276 e. The van der Waals surface area contributed by atoms with Crippen LogP contribution in [0.1, 0.15) is 43.4 Å². The summed E-state index contributed by atoms with van der Waals surface area (Å²) in [5, 5.41) is 5.60. The Bertz CT molecular complexity index is 880. The van der Waals surface area contributed by atoms with E-state index in [-0.39, 0.29) is 17.8 Å². The zero-order valence-corrected chi connectivity index (χ0v) is 16.5. The largest absolute Gasteiger partial charge is 0.328 e. The van der Waals surface area contributed by atoms with Gasteiger partial charge in [0.25, 0.3) is 5.91 Å². The van der Waals surface area contributed by atoms with Gasteiger partial charge in [-0.05, 0) is 65.8 Å². The minimum absolute atomic E-state index is 0.0367. The summed E-state index contributed by atoms with van der Waals surface area (Å²) in [4.78, 5) is 15.7. The lowest BCUT2D eigenvalue weighted by Gasteiger charge is -2.25. The van der Waals surface area contributed by atoms with Crippen LogP contribution in [0.25, 0.3) is 17.2 Å². The van der Waals surface area contributed by atoms with Gasteiger partial charge in [0.15, 0.2) is 5.11 Å². The van der Waals surface area contributed by atoms with Crippen LogP contribution in [0.5, 0.6) is 0 Å². The van der Waals surface area contributed by atoms with Crippen LogP contribution >= 0.6 is 23.6 Å². The van der Waals surface area contributed by atoms with E-state index < -0.39 is 0 Å². The first-order chi connectivity index (χ1) is 13.1. The highest BCUT2D eigenvalue weighted by Gasteiger charge is 2.36. The molecule has 0 atom stereocenters. The Labute approximate surface area is 167 Å². The molecule has 0 bridgehead atoms. The molecule has 0 spiro atoms. The molecule has 1 saturated heterocycles. The molecule has 2 heterocycles. The SMILES string of the molecule is O=C1/C(=C/c2sccc2-c2ccc(F)cc2)NC(=S)N1C1CCCCCC1. The molecule has 0 radical (unpaired) electrons. The summed E-state index contributed by atoms with van der Waals surface area (Å²) in [7, 11) is 0. The molecule has 1 aliphatic heterocycles. The fourth-order valence-corrected chi connectivity index (χ4v) is 5.02. The zero-order valence-electron chi connectivity index (χ0n) is 14.9. The number of hydrogen-bond donors (Lipinski definition) is 1. The van der Waals surface area contributed by atoms with Crippen molar-refractivity contribution in [3.05, 3.63) is 52.1 Å². The molecule has 3 nitrogen and oxygen atoms in total. The van der Waals surface area contributed by atoms with Crippen molar-refractivity contribution < 1.29 is 9.18 Å². The van der Waals surface area contributed by atoms with E-state index in [2.05, 4.69) is 5.32 Å². The first kappa shape index (κ1) is 18.3. The maximum absolute atomic E-state index is 13.2. The minimum atomic E-state index is -0.258. The average molecular weight is 401 g/mol.